The molecule has 3 nitrogen and oxygen atoms in total. The molecular formula is C21H19N2O+. The van der Waals surface area contributed by atoms with Gasteiger partial charge in [0.1, 0.15) is 17.6 Å². The Morgan fingerprint density at radius 3 is 2.12 bits per heavy atom. The third-order valence-electron chi connectivity index (χ3n) is 4.74. The summed E-state index contributed by atoms with van der Waals surface area (Å²) in [4.78, 5) is 13.0. The molecular weight excluding hydrogens is 296 g/mol. The van der Waals surface area contributed by atoms with Gasteiger partial charge in [-0.1, -0.05) is 48.5 Å². The quantitative estimate of drug-likeness (QED) is 0.650. The minimum Gasteiger partial charge on any atom is -0.196 e. The van der Waals surface area contributed by atoms with Crippen LogP contribution in [0.1, 0.15) is 30.8 Å². The summed E-state index contributed by atoms with van der Waals surface area (Å²) >= 11 is 0. The number of para-hydroxylation sites is 1. The van der Waals surface area contributed by atoms with Crippen LogP contribution in [0.4, 0.5) is 10.5 Å². The van der Waals surface area contributed by atoms with E-state index < -0.39 is 0 Å². The first-order valence-electron chi connectivity index (χ1n) is 8.10. The molecule has 2 heterocycles. The van der Waals surface area contributed by atoms with Crippen LogP contribution in [0.3, 0.4) is 0 Å². The first kappa shape index (κ1) is 14.6. The largest absolute Gasteiger partial charge is 0.508 e. The lowest BCUT2D eigenvalue weighted by atomic mass is 9.81. The molecule has 0 aliphatic carbocycles. The van der Waals surface area contributed by atoms with Crippen molar-refractivity contribution in [3.8, 4) is 0 Å². The number of carbonyl (C=O) groups is 1. The number of hydrogen-bond donors (Lipinski definition) is 0. The lowest BCUT2D eigenvalue weighted by molar-refractivity contribution is -0.322. The van der Waals surface area contributed by atoms with Crippen molar-refractivity contribution >= 4 is 17.9 Å². The Hall–Kier alpha value is -2.94. The average Bonchev–Trinajstić information content (AvgIpc) is 3.17. The van der Waals surface area contributed by atoms with Crippen molar-refractivity contribution in [1.82, 2.24) is 4.57 Å². The molecule has 0 spiro atoms. The Morgan fingerprint density at radius 2 is 1.46 bits per heavy atom. The van der Waals surface area contributed by atoms with E-state index in [1.54, 1.807) is 4.58 Å². The first-order valence-corrected chi connectivity index (χ1v) is 8.10. The predicted octanol–water partition coefficient (Wildman–Crippen LogP) is 4.56. The minimum absolute atomic E-state index is 0.0276. The highest BCUT2D eigenvalue weighted by atomic mass is 16.2. The van der Waals surface area contributed by atoms with Crippen LogP contribution >= 0.6 is 0 Å². The normalized spacial score (nSPS) is 13.8. The second-order valence-corrected chi connectivity index (χ2v) is 6.59. The smallest absolute Gasteiger partial charge is 0.196 e. The van der Waals surface area contributed by atoms with Crippen molar-refractivity contribution < 1.29 is 9.37 Å². The van der Waals surface area contributed by atoms with Crippen molar-refractivity contribution in [1.29, 1.82) is 0 Å². The number of nitrogens with zero attached hydrogens (tertiary/aromatic N) is 2. The second kappa shape index (κ2) is 5.31. The molecule has 118 valence electrons. The van der Waals surface area contributed by atoms with Crippen LogP contribution < -0.4 is 0 Å². The highest BCUT2D eigenvalue weighted by Gasteiger charge is 2.40. The van der Waals surface area contributed by atoms with Crippen molar-refractivity contribution in [2.75, 3.05) is 0 Å². The molecule has 1 aliphatic heterocycles. The Labute approximate surface area is 141 Å². The van der Waals surface area contributed by atoms with Crippen LogP contribution in [0.25, 0.3) is 0 Å². The van der Waals surface area contributed by atoms with E-state index in [9.17, 15) is 4.79 Å². The summed E-state index contributed by atoms with van der Waals surface area (Å²) in [5, 5.41) is 0. The number of rotatable bonds is 3. The van der Waals surface area contributed by atoms with E-state index in [4.69, 9.17) is 0 Å². The molecule has 0 atom stereocenters. The van der Waals surface area contributed by atoms with E-state index in [0.29, 0.717) is 0 Å². The number of amides is 1. The van der Waals surface area contributed by atoms with Gasteiger partial charge in [-0.05, 0) is 43.7 Å². The molecule has 0 fully saturated rings. The minimum atomic E-state index is -0.254. The standard InChI is InChI=1S/C21H19N2O/c1-21(2,16-9-5-3-6-10-16)19-14-13-18-15-22(20(24)23(18)19)17-11-7-4-8-12-17/h3-15H,1-2H3/q+1. The molecule has 0 saturated heterocycles. The fourth-order valence-corrected chi connectivity index (χ4v) is 3.33. The van der Waals surface area contributed by atoms with Gasteiger partial charge in [-0.2, -0.15) is 13.9 Å². The van der Waals surface area contributed by atoms with Gasteiger partial charge in [0.05, 0.1) is 5.41 Å². The van der Waals surface area contributed by atoms with Crippen molar-refractivity contribution in [3.63, 3.8) is 0 Å². The summed E-state index contributed by atoms with van der Waals surface area (Å²) in [5.74, 6) is 0. The van der Waals surface area contributed by atoms with Crippen LogP contribution in [0, 0.1) is 0 Å². The van der Waals surface area contributed by atoms with Crippen LogP contribution in [0.5, 0.6) is 0 Å². The van der Waals surface area contributed by atoms with Gasteiger partial charge in [0.2, 0.25) is 0 Å². The van der Waals surface area contributed by atoms with Gasteiger partial charge in [-0.3, -0.25) is 0 Å². The maximum Gasteiger partial charge on any atom is 0.508 e. The second-order valence-electron chi connectivity index (χ2n) is 6.59. The van der Waals surface area contributed by atoms with Crippen LogP contribution in [-0.2, 0) is 5.41 Å². The molecule has 3 heteroatoms. The summed E-state index contributed by atoms with van der Waals surface area (Å²) < 4.78 is 3.53. The zero-order valence-corrected chi connectivity index (χ0v) is 13.8. The molecule has 1 aromatic heterocycles. The molecule has 24 heavy (non-hydrogen) atoms. The summed E-state index contributed by atoms with van der Waals surface area (Å²) in [5.41, 5.74) is 3.74. The van der Waals surface area contributed by atoms with Gasteiger partial charge in [0.25, 0.3) is 0 Å². The molecule has 2 aromatic carbocycles. The highest BCUT2D eigenvalue weighted by molar-refractivity contribution is 5.93. The fourth-order valence-electron chi connectivity index (χ4n) is 3.33. The predicted molar refractivity (Wildman–Crippen MR) is 95.3 cm³/mol. The third-order valence-corrected chi connectivity index (χ3v) is 4.74. The molecule has 0 unspecified atom stereocenters. The van der Waals surface area contributed by atoms with Gasteiger partial charge >= 0.3 is 6.03 Å². The van der Waals surface area contributed by atoms with Crippen LogP contribution in [0.15, 0.2) is 72.8 Å². The van der Waals surface area contributed by atoms with Crippen molar-refractivity contribution in [2.24, 2.45) is 0 Å². The van der Waals surface area contributed by atoms with Crippen molar-refractivity contribution in [3.05, 3.63) is 89.7 Å². The summed E-state index contributed by atoms with van der Waals surface area (Å²) in [7, 11) is 0. The molecule has 0 radical (unpaired) electrons. The molecule has 0 saturated carbocycles. The monoisotopic (exact) mass is 315 g/mol. The zero-order chi connectivity index (χ0) is 16.7. The fraction of sp³-hybridized carbons (Fsp3) is 0.143. The van der Waals surface area contributed by atoms with Gasteiger partial charge in [-0.25, -0.2) is 0 Å². The molecule has 4 rings (SSSR count). The third kappa shape index (κ3) is 2.13. The summed E-state index contributed by atoms with van der Waals surface area (Å²) in [6, 6.07) is 24.1. The van der Waals surface area contributed by atoms with E-state index in [0.717, 1.165) is 17.1 Å². The van der Waals surface area contributed by atoms with E-state index in [2.05, 4.69) is 32.0 Å². The van der Waals surface area contributed by atoms with E-state index >= 15 is 0 Å². The van der Waals surface area contributed by atoms with Crippen LogP contribution in [0.2, 0.25) is 0 Å². The molecule has 1 amide bonds. The molecule has 0 bridgehead atoms. The number of benzene rings is 2. The van der Waals surface area contributed by atoms with Gasteiger partial charge in [-0.15, -0.1) is 0 Å². The lowest BCUT2D eigenvalue weighted by Gasteiger charge is -2.23. The highest BCUT2D eigenvalue weighted by Crippen LogP contribution is 2.34. The van der Waals surface area contributed by atoms with Gasteiger partial charge < -0.3 is 0 Å². The Bertz CT molecular complexity index is 934. The lowest BCUT2D eigenvalue weighted by Crippen LogP contribution is -2.27. The SMILES string of the molecule is CC(C)(c1ccccc1)c1ccc2n1C(=O)[N+](c1ccccc1)=C2. The molecule has 3 aromatic rings. The molecule has 0 N–H and O–H groups in total. The van der Waals surface area contributed by atoms with E-state index in [-0.39, 0.29) is 11.4 Å². The van der Waals surface area contributed by atoms with Crippen molar-refractivity contribution in [2.45, 2.75) is 19.3 Å². The average molecular weight is 315 g/mol. The van der Waals surface area contributed by atoms with Crippen LogP contribution in [-0.4, -0.2) is 21.4 Å². The van der Waals surface area contributed by atoms with E-state index in [1.165, 1.54) is 5.56 Å². The number of fused-ring (bicyclic) bond motifs is 1. The first-order chi connectivity index (χ1) is 11.6. The van der Waals surface area contributed by atoms with Gasteiger partial charge in [0, 0.05) is 0 Å². The van der Waals surface area contributed by atoms with Gasteiger partial charge in [0.15, 0.2) is 5.69 Å². The molecule has 1 aliphatic rings. The van der Waals surface area contributed by atoms with E-state index in [1.807, 2.05) is 65.4 Å². The number of carbonyl (C=O) groups excluding carboxylic acids is 1. The summed E-state index contributed by atoms with van der Waals surface area (Å²) in [6.07, 6.45) is 1.90. The summed E-state index contributed by atoms with van der Waals surface area (Å²) in [6.45, 7) is 4.31. The Balaban J connectivity index is 1.79. The Kier molecular flexibility index (Phi) is 3.24. The number of aromatic nitrogens is 1. The Morgan fingerprint density at radius 1 is 0.833 bits per heavy atom. The number of hydrogen-bond acceptors (Lipinski definition) is 1. The zero-order valence-electron chi connectivity index (χ0n) is 13.8. The maximum atomic E-state index is 13.0. The topological polar surface area (TPSA) is 25.0 Å². The maximum absolute atomic E-state index is 13.0.